The second-order valence-corrected chi connectivity index (χ2v) is 3.24. The van der Waals surface area contributed by atoms with Crippen molar-refractivity contribution in [2.75, 3.05) is 0 Å². The van der Waals surface area contributed by atoms with E-state index in [4.69, 9.17) is 7.85 Å². The Balaban J connectivity index is 3.23. The van der Waals surface area contributed by atoms with Gasteiger partial charge < -0.3 is 4.57 Å². The third-order valence-corrected chi connectivity index (χ3v) is 2.34. The van der Waals surface area contributed by atoms with Crippen molar-refractivity contribution in [3.8, 4) is 0 Å². The molecule has 0 aliphatic rings. The zero-order valence-corrected chi connectivity index (χ0v) is 8.51. The topological polar surface area (TPSA) is 34.0 Å². The molecule has 0 aromatic carbocycles. The first-order valence-corrected chi connectivity index (χ1v) is 4.36. The van der Waals surface area contributed by atoms with Crippen LogP contribution in [0.2, 0.25) is 0 Å². The molecule has 68 valence electrons. The summed E-state index contributed by atoms with van der Waals surface area (Å²) in [5, 5.41) is 0. The van der Waals surface area contributed by atoms with Crippen molar-refractivity contribution in [2.45, 2.75) is 13.0 Å². The number of pyridine rings is 1. The Kier molecular flexibility index (Phi) is 3.22. The lowest BCUT2D eigenvalue weighted by Gasteiger charge is -2.13. The summed E-state index contributed by atoms with van der Waals surface area (Å²) in [6, 6.07) is 1.49. The minimum absolute atomic E-state index is 0.0303. The third-order valence-electron chi connectivity index (χ3n) is 1.95. The van der Waals surface area contributed by atoms with Gasteiger partial charge in [0, 0.05) is 25.4 Å². The van der Waals surface area contributed by atoms with Gasteiger partial charge in [0.05, 0.1) is 0 Å². The van der Waals surface area contributed by atoms with Crippen molar-refractivity contribution in [1.29, 1.82) is 0 Å². The van der Waals surface area contributed by atoms with Gasteiger partial charge in [0.25, 0.3) is 5.56 Å². The maximum absolute atomic E-state index is 11.3. The summed E-state index contributed by atoms with van der Waals surface area (Å²) in [6.45, 7) is 1.89. The number of rotatable bonds is 2. The first-order chi connectivity index (χ1) is 6.06. The second kappa shape index (κ2) is 4.02. The predicted molar refractivity (Wildman–Crippen MR) is 57.6 cm³/mol. The lowest BCUT2D eigenvalue weighted by molar-refractivity contribution is 0.750. The first-order valence-electron chi connectivity index (χ1n) is 3.92. The fourth-order valence-corrected chi connectivity index (χ4v) is 1.25. The average Bonchev–Trinajstić information content (AvgIpc) is 2.10. The molecule has 0 bridgehead atoms. The standard InChI is InChI=1S/C8H11BN2OS/c1-5(10-13)6-3-8(12)11(2)4-7(6)9/h3-5,10,13H,1-2H3. The lowest BCUT2D eigenvalue weighted by atomic mass is 9.90. The van der Waals surface area contributed by atoms with E-state index in [2.05, 4.69) is 17.5 Å². The van der Waals surface area contributed by atoms with Gasteiger partial charge in [-0.1, -0.05) is 18.3 Å². The van der Waals surface area contributed by atoms with E-state index in [0.29, 0.717) is 5.46 Å². The molecule has 0 fully saturated rings. The molecule has 0 saturated carbocycles. The van der Waals surface area contributed by atoms with E-state index in [1.165, 1.54) is 10.6 Å². The van der Waals surface area contributed by atoms with Crippen LogP contribution in [0.4, 0.5) is 0 Å². The molecule has 1 aromatic heterocycles. The first kappa shape index (κ1) is 10.4. The number of thiol groups is 1. The molecule has 5 heteroatoms. The Morgan fingerprint density at radius 2 is 2.31 bits per heavy atom. The van der Waals surface area contributed by atoms with Crippen LogP contribution in [0.1, 0.15) is 18.5 Å². The molecule has 1 heterocycles. The lowest BCUT2D eigenvalue weighted by Crippen LogP contribution is -2.28. The maximum atomic E-state index is 11.3. The van der Waals surface area contributed by atoms with Gasteiger partial charge in [-0.25, -0.2) is 0 Å². The fraction of sp³-hybridized carbons (Fsp3) is 0.375. The largest absolute Gasteiger partial charge is 0.319 e. The number of nitrogens with one attached hydrogen (secondary N) is 1. The fourth-order valence-electron chi connectivity index (χ4n) is 1.11. The molecule has 0 amide bonds. The molecule has 0 spiro atoms. The van der Waals surface area contributed by atoms with Crippen LogP contribution in [0.15, 0.2) is 17.1 Å². The van der Waals surface area contributed by atoms with Crippen molar-refractivity contribution < 1.29 is 0 Å². The zero-order valence-electron chi connectivity index (χ0n) is 7.61. The number of hydrogen-bond donors (Lipinski definition) is 2. The van der Waals surface area contributed by atoms with E-state index < -0.39 is 0 Å². The van der Waals surface area contributed by atoms with Crippen LogP contribution < -0.4 is 15.7 Å². The molecule has 2 radical (unpaired) electrons. The highest BCUT2D eigenvalue weighted by Gasteiger charge is 2.07. The minimum Gasteiger partial charge on any atom is -0.319 e. The van der Waals surface area contributed by atoms with Crippen LogP contribution >= 0.6 is 12.8 Å². The molecule has 1 aromatic rings. The quantitative estimate of drug-likeness (QED) is 0.499. The Morgan fingerprint density at radius 1 is 1.69 bits per heavy atom. The highest BCUT2D eigenvalue weighted by Crippen LogP contribution is 2.06. The third kappa shape index (κ3) is 2.17. The summed E-state index contributed by atoms with van der Waals surface area (Å²) < 4.78 is 4.18. The summed E-state index contributed by atoms with van der Waals surface area (Å²) in [7, 11) is 7.40. The normalized spacial score (nSPS) is 12.8. The van der Waals surface area contributed by atoms with E-state index >= 15 is 0 Å². The Bertz CT molecular complexity index is 364. The number of hydrogen-bond acceptors (Lipinski definition) is 3. The van der Waals surface area contributed by atoms with Crippen LogP contribution in [0.5, 0.6) is 0 Å². The highest BCUT2D eigenvalue weighted by atomic mass is 32.1. The molecule has 1 unspecified atom stereocenters. The van der Waals surface area contributed by atoms with E-state index in [1.54, 1.807) is 13.2 Å². The zero-order chi connectivity index (χ0) is 10.0. The van der Waals surface area contributed by atoms with Gasteiger partial charge in [-0.2, -0.15) is 0 Å². The summed E-state index contributed by atoms with van der Waals surface area (Å²) >= 11 is 3.92. The van der Waals surface area contributed by atoms with E-state index in [-0.39, 0.29) is 11.6 Å². The van der Waals surface area contributed by atoms with Crippen LogP contribution in [0.3, 0.4) is 0 Å². The van der Waals surface area contributed by atoms with Crippen LogP contribution in [-0.2, 0) is 7.05 Å². The van der Waals surface area contributed by atoms with Gasteiger partial charge in [-0.3, -0.25) is 9.52 Å². The van der Waals surface area contributed by atoms with Gasteiger partial charge in [-0.05, 0) is 12.5 Å². The van der Waals surface area contributed by atoms with E-state index in [9.17, 15) is 4.79 Å². The molecule has 1 rings (SSSR count). The predicted octanol–water partition coefficient (Wildman–Crippen LogP) is -0.326. The summed E-state index contributed by atoms with van der Waals surface area (Å²) in [5.74, 6) is 0. The van der Waals surface area contributed by atoms with E-state index in [1.807, 2.05) is 6.92 Å². The molecule has 0 aliphatic heterocycles. The van der Waals surface area contributed by atoms with Gasteiger partial charge in [0.2, 0.25) is 0 Å². The average molecular weight is 194 g/mol. The van der Waals surface area contributed by atoms with Crippen LogP contribution in [0, 0.1) is 0 Å². The van der Waals surface area contributed by atoms with Crippen LogP contribution in [0.25, 0.3) is 0 Å². The van der Waals surface area contributed by atoms with Gasteiger partial charge >= 0.3 is 0 Å². The molecule has 0 aliphatic carbocycles. The van der Waals surface area contributed by atoms with Crippen molar-refractivity contribution in [1.82, 2.24) is 9.29 Å². The Hall–Kier alpha value is -0.675. The molecule has 3 nitrogen and oxygen atoms in total. The monoisotopic (exact) mass is 194 g/mol. The number of aryl methyl sites for hydroxylation is 1. The smallest absolute Gasteiger partial charge is 0.250 e. The van der Waals surface area contributed by atoms with Gasteiger partial charge in [0.15, 0.2) is 0 Å². The Morgan fingerprint density at radius 3 is 2.85 bits per heavy atom. The van der Waals surface area contributed by atoms with Crippen molar-refractivity contribution in [3.05, 3.63) is 28.2 Å². The van der Waals surface area contributed by atoms with E-state index in [0.717, 1.165) is 5.56 Å². The minimum atomic E-state index is -0.0698. The molecule has 1 atom stereocenters. The SMILES string of the molecule is [B]c1cn(C)c(=O)cc1C(C)NS. The molecule has 1 N–H and O–H groups in total. The summed E-state index contributed by atoms with van der Waals surface area (Å²) in [5.41, 5.74) is 1.30. The number of aromatic nitrogens is 1. The Labute approximate surface area is 84.1 Å². The number of nitrogens with zero attached hydrogens (tertiary/aromatic N) is 1. The van der Waals surface area contributed by atoms with Crippen LogP contribution in [-0.4, -0.2) is 12.4 Å². The summed E-state index contributed by atoms with van der Waals surface area (Å²) in [6.07, 6.45) is 1.61. The highest BCUT2D eigenvalue weighted by molar-refractivity contribution is 7.78. The van der Waals surface area contributed by atoms with Gasteiger partial charge in [0.1, 0.15) is 7.85 Å². The second-order valence-electron chi connectivity index (χ2n) is 2.98. The molecular formula is C8H11BN2OS. The summed E-state index contributed by atoms with van der Waals surface area (Å²) in [4.78, 5) is 11.3. The molecule has 0 saturated heterocycles. The van der Waals surface area contributed by atoms with Crippen molar-refractivity contribution in [3.63, 3.8) is 0 Å². The molecular weight excluding hydrogens is 183 g/mol. The van der Waals surface area contributed by atoms with Crippen molar-refractivity contribution >= 4 is 26.1 Å². The van der Waals surface area contributed by atoms with Crippen molar-refractivity contribution in [2.24, 2.45) is 7.05 Å². The molecule has 13 heavy (non-hydrogen) atoms. The van der Waals surface area contributed by atoms with Gasteiger partial charge in [-0.15, -0.1) is 0 Å². The maximum Gasteiger partial charge on any atom is 0.250 e.